The van der Waals surface area contributed by atoms with Gasteiger partial charge in [-0.1, -0.05) is 64.5 Å². The summed E-state index contributed by atoms with van der Waals surface area (Å²) in [4.78, 5) is 0. The maximum Gasteiger partial charge on any atom is 0.254 e. The molecule has 0 aliphatic carbocycles. The largest absolute Gasteiger partial charge is 0.483 e. The van der Waals surface area contributed by atoms with E-state index in [0.717, 1.165) is 26.9 Å². The molecule has 0 atom stereocenters. The van der Waals surface area contributed by atoms with Crippen LogP contribution in [0.15, 0.2) is 87.8 Å². The van der Waals surface area contributed by atoms with E-state index in [-0.39, 0.29) is 6.61 Å². The van der Waals surface area contributed by atoms with Crippen LogP contribution in [0.2, 0.25) is 0 Å². The third-order valence-corrected chi connectivity index (χ3v) is 4.41. The van der Waals surface area contributed by atoms with Gasteiger partial charge in [-0.15, -0.1) is 10.2 Å². The molecule has 0 saturated heterocycles. The topological polar surface area (TPSA) is 48.2 Å². The summed E-state index contributed by atoms with van der Waals surface area (Å²) in [5, 5.41) is 8.18. The average molecular weight is 407 g/mol. The third kappa shape index (κ3) is 3.68. The van der Waals surface area contributed by atoms with Crippen LogP contribution in [0, 0.1) is 0 Å². The number of rotatable bonds is 5. The lowest BCUT2D eigenvalue weighted by atomic mass is 10.1. The Bertz CT molecular complexity index is 998. The first kappa shape index (κ1) is 16.5. The van der Waals surface area contributed by atoms with Crippen LogP contribution >= 0.6 is 15.9 Å². The van der Waals surface area contributed by atoms with Crippen molar-refractivity contribution in [2.45, 2.75) is 6.61 Å². The molecule has 0 aliphatic heterocycles. The van der Waals surface area contributed by atoms with Crippen LogP contribution in [-0.4, -0.2) is 10.2 Å². The summed E-state index contributed by atoms with van der Waals surface area (Å²) in [7, 11) is 0. The highest BCUT2D eigenvalue weighted by atomic mass is 79.9. The van der Waals surface area contributed by atoms with Gasteiger partial charge in [0.2, 0.25) is 5.89 Å². The number of hydrogen-bond donors (Lipinski definition) is 0. The number of aromatic nitrogens is 2. The van der Waals surface area contributed by atoms with Crippen molar-refractivity contribution in [2.24, 2.45) is 0 Å². The summed E-state index contributed by atoms with van der Waals surface area (Å²) < 4.78 is 12.7. The first-order valence-electron chi connectivity index (χ1n) is 8.15. The van der Waals surface area contributed by atoms with E-state index in [2.05, 4.69) is 38.3 Å². The summed E-state index contributed by atoms with van der Waals surface area (Å²) in [5.41, 5.74) is 3.00. The fourth-order valence-corrected chi connectivity index (χ4v) is 2.87. The van der Waals surface area contributed by atoms with Crippen molar-refractivity contribution in [1.82, 2.24) is 10.2 Å². The van der Waals surface area contributed by atoms with Gasteiger partial charge in [-0.25, -0.2) is 0 Å². The fourth-order valence-electron chi connectivity index (χ4n) is 2.61. The highest BCUT2D eigenvalue weighted by Crippen LogP contribution is 2.30. The van der Waals surface area contributed by atoms with Gasteiger partial charge in [-0.05, 0) is 35.9 Å². The number of nitrogens with zero attached hydrogens (tertiary/aromatic N) is 2. The highest BCUT2D eigenvalue weighted by Gasteiger charge is 2.11. The normalized spacial score (nSPS) is 10.7. The molecular weight excluding hydrogens is 392 g/mol. The lowest BCUT2D eigenvalue weighted by molar-refractivity contribution is 0.265. The molecule has 1 aromatic heterocycles. The molecule has 0 fully saturated rings. The molecule has 1 heterocycles. The van der Waals surface area contributed by atoms with Crippen molar-refractivity contribution in [1.29, 1.82) is 0 Å². The zero-order valence-corrected chi connectivity index (χ0v) is 15.4. The lowest BCUT2D eigenvalue weighted by Gasteiger charge is -2.10. The van der Waals surface area contributed by atoms with Gasteiger partial charge in [-0.2, -0.15) is 0 Å². The van der Waals surface area contributed by atoms with Crippen molar-refractivity contribution in [3.05, 3.63) is 89.2 Å². The monoisotopic (exact) mass is 406 g/mol. The smallest absolute Gasteiger partial charge is 0.254 e. The summed E-state index contributed by atoms with van der Waals surface area (Å²) in [6.07, 6.45) is 0. The number of hydrogen-bond acceptors (Lipinski definition) is 4. The van der Waals surface area contributed by atoms with Gasteiger partial charge in [-0.3, -0.25) is 0 Å². The zero-order chi connectivity index (χ0) is 17.8. The second-order valence-electron chi connectivity index (χ2n) is 5.66. The molecule has 4 nitrogen and oxygen atoms in total. The molecular formula is C21H15BrN2O2. The molecule has 128 valence electrons. The Morgan fingerprint density at radius 1 is 0.769 bits per heavy atom. The van der Waals surface area contributed by atoms with E-state index in [1.807, 2.05) is 66.7 Å². The van der Waals surface area contributed by atoms with E-state index in [1.54, 1.807) is 0 Å². The average Bonchev–Trinajstić information content (AvgIpc) is 3.17. The Hall–Kier alpha value is -2.92. The predicted molar refractivity (Wildman–Crippen MR) is 104 cm³/mol. The molecule has 0 N–H and O–H groups in total. The predicted octanol–water partition coefficient (Wildman–Crippen LogP) is 5.75. The van der Waals surface area contributed by atoms with Crippen LogP contribution in [0.5, 0.6) is 5.75 Å². The van der Waals surface area contributed by atoms with Crippen LogP contribution in [0.25, 0.3) is 22.6 Å². The van der Waals surface area contributed by atoms with Crippen molar-refractivity contribution in [2.75, 3.05) is 0 Å². The molecule has 0 unspecified atom stereocenters. The molecule has 0 aliphatic rings. The van der Waals surface area contributed by atoms with Gasteiger partial charge in [0.1, 0.15) is 5.75 Å². The minimum atomic E-state index is 0.216. The molecule has 5 heteroatoms. The number of halogens is 1. The Morgan fingerprint density at radius 3 is 2.31 bits per heavy atom. The molecule has 26 heavy (non-hydrogen) atoms. The van der Waals surface area contributed by atoms with E-state index in [9.17, 15) is 0 Å². The maximum absolute atomic E-state index is 5.94. The number of para-hydroxylation sites is 1. The van der Waals surface area contributed by atoms with Gasteiger partial charge < -0.3 is 9.15 Å². The van der Waals surface area contributed by atoms with E-state index in [1.165, 1.54) is 0 Å². The number of benzene rings is 3. The van der Waals surface area contributed by atoms with Crippen molar-refractivity contribution in [3.8, 4) is 28.3 Å². The van der Waals surface area contributed by atoms with E-state index in [4.69, 9.17) is 9.15 Å². The molecule has 0 amide bonds. The van der Waals surface area contributed by atoms with E-state index in [0.29, 0.717) is 11.8 Å². The van der Waals surface area contributed by atoms with Gasteiger partial charge in [0.15, 0.2) is 6.61 Å². The molecule has 0 bridgehead atoms. The molecule has 0 radical (unpaired) electrons. The summed E-state index contributed by atoms with van der Waals surface area (Å²) in [5.74, 6) is 1.69. The Kier molecular flexibility index (Phi) is 4.80. The van der Waals surface area contributed by atoms with Gasteiger partial charge in [0, 0.05) is 15.6 Å². The van der Waals surface area contributed by atoms with Crippen molar-refractivity contribution < 1.29 is 9.15 Å². The summed E-state index contributed by atoms with van der Waals surface area (Å²) in [6.45, 7) is 0.216. The highest BCUT2D eigenvalue weighted by molar-refractivity contribution is 9.10. The first-order chi connectivity index (χ1) is 12.8. The SMILES string of the molecule is Brc1ccc(-c2nnc(COc3ccccc3-c3ccccc3)o2)cc1. The molecule has 0 spiro atoms. The summed E-state index contributed by atoms with van der Waals surface area (Å²) >= 11 is 3.41. The third-order valence-electron chi connectivity index (χ3n) is 3.88. The Morgan fingerprint density at radius 2 is 1.50 bits per heavy atom. The van der Waals surface area contributed by atoms with Crippen LogP contribution in [0.3, 0.4) is 0 Å². The second kappa shape index (κ2) is 7.54. The van der Waals surface area contributed by atoms with Crippen LogP contribution in [0.1, 0.15) is 5.89 Å². The molecule has 3 aromatic carbocycles. The quantitative estimate of drug-likeness (QED) is 0.423. The van der Waals surface area contributed by atoms with Gasteiger partial charge in [0.25, 0.3) is 5.89 Å². The second-order valence-corrected chi connectivity index (χ2v) is 6.57. The maximum atomic E-state index is 5.94. The van der Waals surface area contributed by atoms with Crippen molar-refractivity contribution >= 4 is 15.9 Å². The number of ether oxygens (including phenoxy) is 1. The van der Waals surface area contributed by atoms with Crippen molar-refractivity contribution in [3.63, 3.8) is 0 Å². The molecule has 4 aromatic rings. The Balaban J connectivity index is 1.51. The van der Waals surface area contributed by atoms with Gasteiger partial charge >= 0.3 is 0 Å². The molecule has 4 rings (SSSR count). The van der Waals surface area contributed by atoms with Crippen LogP contribution in [0.4, 0.5) is 0 Å². The minimum Gasteiger partial charge on any atom is -0.483 e. The first-order valence-corrected chi connectivity index (χ1v) is 8.94. The van der Waals surface area contributed by atoms with Crippen LogP contribution < -0.4 is 4.74 Å². The van der Waals surface area contributed by atoms with Crippen LogP contribution in [-0.2, 0) is 6.61 Å². The van der Waals surface area contributed by atoms with E-state index >= 15 is 0 Å². The Labute approximate surface area is 159 Å². The van der Waals surface area contributed by atoms with Gasteiger partial charge in [0.05, 0.1) is 0 Å². The zero-order valence-electron chi connectivity index (χ0n) is 13.8. The minimum absolute atomic E-state index is 0.216. The lowest BCUT2D eigenvalue weighted by Crippen LogP contribution is -1.97. The standard InChI is InChI=1S/C21H15BrN2O2/c22-17-12-10-16(11-13-17)21-24-23-20(26-21)14-25-19-9-5-4-8-18(19)15-6-2-1-3-7-15/h1-13H,14H2. The molecule has 0 saturated carbocycles. The van der Waals surface area contributed by atoms with E-state index < -0.39 is 0 Å². The fraction of sp³-hybridized carbons (Fsp3) is 0.0476. The summed E-state index contributed by atoms with van der Waals surface area (Å²) in [6, 6.07) is 25.8.